The van der Waals surface area contributed by atoms with Gasteiger partial charge < -0.3 is 9.84 Å². The topological polar surface area (TPSA) is 41.3 Å². The molecule has 1 saturated heterocycles. The lowest BCUT2D eigenvalue weighted by Gasteiger charge is -2.39. The first-order valence-electron chi connectivity index (χ1n) is 7.59. The first kappa shape index (κ1) is 14.3. The number of hydrogen-bond acceptors (Lipinski definition) is 4. The first-order valence-corrected chi connectivity index (χ1v) is 7.59. The van der Waals surface area contributed by atoms with Crippen LogP contribution in [0.2, 0.25) is 0 Å². The third-order valence-electron chi connectivity index (χ3n) is 4.44. The Morgan fingerprint density at radius 3 is 2.71 bits per heavy atom. The summed E-state index contributed by atoms with van der Waals surface area (Å²) in [5.41, 5.74) is 3.60. The van der Waals surface area contributed by atoms with Gasteiger partial charge in [-0.2, -0.15) is 0 Å². The van der Waals surface area contributed by atoms with Crippen LogP contribution in [-0.4, -0.2) is 29.2 Å². The summed E-state index contributed by atoms with van der Waals surface area (Å²) in [4.78, 5) is 2.51. The van der Waals surface area contributed by atoms with Crippen molar-refractivity contribution in [3.05, 3.63) is 52.9 Å². The Labute approximate surface area is 126 Å². The Hall–Kier alpha value is -1.65. The van der Waals surface area contributed by atoms with E-state index in [4.69, 9.17) is 4.52 Å². The van der Waals surface area contributed by atoms with Crippen molar-refractivity contribution in [2.45, 2.75) is 39.4 Å². The molecule has 0 aliphatic carbocycles. The second-order valence-electron chi connectivity index (χ2n) is 5.95. The standard InChI is InChI=1S/C17H23N3O/c1-12-9-18-17(15-7-5-4-6-8-15)11-20(12)10-16-13(2)19-21-14(16)3/h4-8,12,17-18H,9-11H2,1-3H3. The molecule has 4 heteroatoms. The van der Waals surface area contributed by atoms with E-state index in [1.807, 2.05) is 13.8 Å². The average molecular weight is 285 g/mol. The highest BCUT2D eigenvalue weighted by Gasteiger charge is 2.27. The zero-order valence-corrected chi connectivity index (χ0v) is 13.0. The maximum Gasteiger partial charge on any atom is 0.138 e. The Bertz CT molecular complexity index is 574. The first-order chi connectivity index (χ1) is 10.1. The highest BCUT2D eigenvalue weighted by molar-refractivity contribution is 5.22. The van der Waals surface area contributed by atoms with Gasteiger partial charge in [0.15, 0.2) is 0 Å². The molecular weight excluding hydrogens is 262 g/mol. The Balaban J connectivity index is 1.75. The molecule has 21 heavy (non-hydrogen) atoms. The van der Waals surface area contributed by atoms with Gasteiger partial charge in [-0.1, -0.05) is 35.5 Å². The van der Waals surface area contributed by atoms with Crippen molar-refractivity contribution in [3.63, 3.8) is 0 Å². The van der Waals surface area contributed by atoms with Crippen molar-refractivity contribution in [2.75, 3.05) is 13.1 Å². The Kier molecular flexibility index (Phi) is 4.08. The molecule has 2 heterocycles. The van der Waals surface area contributed by atoms with Crippen LogP contribution in [0.4, 0.5) is 0 Å². The van der Waals surface area contributed by atoms with Crippen LogP contribution in [0.1, 0.15) is 35.5 Å². The molecule has 2 unspecified atom stereocenters. The van der Waals surface area contributed by atoms with Gasteiger partial charge in [-0.25, -0.2) is 0 Å². The van der Waals surface area contributed by atoms with E-state index >= 15 is 0 Å². The lowest BCUT2D eigenvalue weighted by Crippen LogP contribution is -2.50. The third kappa shape index (κ3) is 3.01. The summed E-state index contributed by atoms with van der Waals surface area (Å²) in [5, 5.41) is 7.71. The largest absolute Gasteiger partial charge is 0.361 e. The van der Waals surface area contributed by atoms with E-state index < -0.39 is 0 Å². The van der Waals surface area contributed by atoms with E-state index in [1.54, 1.807) is 0 Å². The smallest absolute Gasteiger partial charge is 0.138 e. The van der Waals surface area contributed by atoms with Crippen molar-refractivity contribution < 1.29 is 4.52 Å². The number of rotatable bonds is 3. The van der Waals surface area contributed by atoms with Gasteiger partial charge in [0.25, 0.3) is 0 Å². The van der Waals surface area contributed by atoms with Crippen molar-refractivity contribution >= 4 is 0 Å². The lowest BCUT2D eigenvalue weighted by atomic mass is 10.0. The van der Waals surface area contributed by atoms with E-state index in [0.29, 0.717) is 12.1 Å². The molecule has 1 aliphatic heterocycles. The second-order valence-corrected chi connectivity index (χ2v) is 5.95. The zero-order valence-electron chi connectivity index (χ0n) is 13.0. The highest BCUT2D eigenvalue weighted by Crippen LogP contribution is 2.23. The maximum absolute atomic E-state index is 5.29. The number of aryl methyl sites for hydroxylation is 2. The van der Waals surface area contributed by atoms with Crippen molar-refractivity contribution in [3.8, 4) is 0 Å². The molecule has 0 spiro atoms. The van der Waals surface area contributed by atoms with Crippen molar-refractivity contribution in [1.29, 1.82) is 0 Å². The van der Waals surface area contributed by atoms with Crippen LogP contribution in [0.15, 0.2) is 34.9 Å². The number of hydrogen-bond donors (Lipinski definition) is 1. The Morgan fingerprint density at radius 2 is 2.05 bits per heavy atom. The summed E-state index contributed by atoms with van der Waals surface area (Å²) in [7, 11) is 0. The predicted octanol–water partition coefficient (Wildman–Crippen LogP) is 2.83. The van der Waals surface area contributed by atoms with Crippen LogP contribution in [0.25, 0.3) is 0 Å². The van der Waals surface area contributed by atoms with Crippen LogP contribution >= 0.6 is 0 Å². The van der Waals surface area contributed by atoms with E-state index in [2.05, 4.69) is 52.6 Å². The molecule has 4 nitrogen and oxygen atoms in total. The van der Waals surface area contributed by atoms with E-state index in [1.165, 1.54) is 11.1 Å². The van der Waals surface area contributed by atoms with Crippen LogP contribution < -0.4 is 5.32 Å². The quantitative estimate of drug-likeness (QED) is 0.941. The molecule has 0 amide bonds. The number of aromatic nitrogens is 1. The number of benzene rings is 1. The summed E-state index contributed by atoms with van der Waals surface area (Å²) in [6.45, 7) is 9.21. The monoisotopic (exact) mass is 285 g/mol. The average Bonchev–Trinajstić information content (AvgIpc) is 2.82. The minimum absolute atomic E-state index is 0.392. The van der Waals surface area contributed by atoms with Gasteiger partial charge in [-0.3, -0.25) is 4.90 Å². The molecule has 1 aromatic heterocycles. The van der Waals surface area contributed by atoms with Gasteiger partial charge in [0.1, 0.15) is 5.76 Å². The van der Waals surface area contributed by atoms with Gasteiger partial charge in [0, 0.05) is 37.3 Å². The summed E-state index contributed by atoms with van der Waals surface area (Å²) in [6, 6.07) is 11.6. The fourth-order valence-electron chi connectivity index (χ4n) is 2.98. The molecule has 112 valence electrons. The fraction of sp³-hybridized carbons (Fsp3) is 0.471. The van der Waals surface area contributed by atoms with Gasteiger partial charge in [0.05, 0.1) is 5.69 Å². The van der Waals surface area contributed by atoms with E-state index in [9.17, 15) is 0 Å². The van der Waals surface area contributed by atoms with Crippen LogP contribution in [-0.2, 0) is 6.54 Å². The third-order valence-corrected chi connectivity index (χ3v) is 4.44. The second kappa shape index (κ2) is 6.00. The van der Waals surface area contributed by atoms with Crippen LogP contribution in [0, 0.1) is 13.8 Å². The molecule has 0 radical (unpaired) electrons. The molecule has 3 rings (SSSR count). The number of nitrogens with zero attached hydrogens (tertiary/aromatic N) is 2. The van der Waals surface area contributed by atoms with E-state index in [-0.39, 0.29) is 0 Å². The molecule has 0 bridgehead atoms. The molecule has 1 fully saturated rings. The van der Waals surface area contributed by atoms with Crippen molar-refractivity contribution in [1.82, 2.24) is 15.4 Å². The molecule has 0 saturated carbocycles. The predicted molar refractivity (Wildman–Crippen MR) is 83.0 cm³/mol. The van der Waals surface area contributed by atoms with Crippen molar-refractivity contribution in [2.24, 2.45) is 0 Å². The molecular formula is C17H23N3O. The molecule has 1 aromatic carbocycles. The number of nitrogens with one attached hydrogen (secondary N) is 1. The SMILES string of the molecule is Cc1noc(C)c1CN1CC(c2ccccc2)NCC1C. The van der Waals surface area contributed by atoms with Gasteiger partial charge in [0.2, 0.25) is 0 Å². The highest BCUT2D eigenvalue weighted by atomic mass is 16.5. The van der Waals surface area contributed by atoms with Gasteiger partial charge in [-0.15, -0.1) is 0 Å². The Morgan fingerprint density at radius 1 is 1.29 bits per heavy atom. The minimum Gasteiger partial charge on any atom is -0.361 e. The lowest BCUT2D eigenvalue weighted by molar-refractivity contribution is 0.132. The normalized spacial score (nSPS) is 23.4. The molecule has 1 N–H and O–H groups in total. The molecule has 2 aromatic rings. The van der Waals surface area contributed by atoms with Gasteiger partial charge >= 0.3 is 0 Å². The van der Waals surface area contributed by atoms with E-state index in [0.717, 1.165) is 31.1 Å². The van der Waals surface area contributed by atoms with Crippen LogP contribution in [0.3, 0.4) is 0 Å². The van der Waals surface area contributed by atoms with Crippen LogP contribution in [0.5, 0.6) is 0 Å². The number of piperazine rings is 1. The summed E-state index contributed by atoms with van der Waals surface area (Å²) >= 11 is 0. The molecule has 2 atom stereocenters. The fourth-order valence-corrected chi connectivity index (χ4v) is 2.98. The maximum atomic E-state index is 5.29. The minimum atomic E-state index is 0.392. The van der Waals surface area contributed by atoms with Gasteiger partial charge in [-0.05, 0) is 26.3 Å². The zero-order chi connectivity index (χ0) is 14.8. The summed E-state index contributed by atoms with van der Waals surface area (Å²) in [5.74, 6) is 0.939. The summed E-state index contributed by atoms with van der Waals surface area (Å²) < 4.78 is 5.29. The summed E-state index contributed by atoms with van der Waals surface area (Å²) in [6.07, 6.45) is 0. The molecule has 1 aliphatic rings.